The van der Waals surface area contributed by atoms with E-state index in [-0.39, 0.29) is 41.9 Å². The van der Waals surface area contributed by atoms with Crippen molar-refractivity contribution in [3.8, 4) is 11.5 Å². The molecule has 8 heteroatoms. The van der Waals surface area contributed by atoms with Crippen molar-refractivity contribution in [1.82, 2.24) is 0 Å². The number of carboxylic acids is 2. The van der Waals surface area contributed by atoms with Gasteiger partial charge in [-0.05, 0) is 30.7 Å². The standard InChI is InChI=1S/C19H16O8/c20-16(26-14-8-3-1-6-12(14)18(22)23)10-5-11-17(21)27-15-9-4-2-7-13(15)19(24)25/h1-4,6-9H,5,10-11H2,(H,22,23)(H,24,25). The van der Waals surface area contributed by atoms with Crippen LogP contribution >= 0.6 is 0 Å². The number of benzene rings is 2. The zero-order valence-electron chi connectivity index (χ0n) is 14.1. The van der Waals surface area contributed by atoms with Crippen molar-refractivity contribution in [1.29, 1.82) is 0 Å². The molecule has 0 bridgehead atoms. The summed E-state index contributed by atoms with van der Waals surface area (Å²) in [6.45, 7) is 0. The number of ether oxygens (including phenoxy) is 2. The average Bonchev–Trinajstić information content (AvgIpc) is 2.62. The summed E-state index contributed by atoms with van der Waals surface area (Å²) in [7, 11) is 0. The van der Waals surface area contributed by atoms with Gasteiger partial charge in [0.1, 0.15) is 22.6 Å². The maximum atomic E-state index is 11.8. The predicted octanol–water partition coefficient (Wildman–Crippen LogP) is 2.76. The molecule has 0 heterocycles. The highest BCUT2D eigenvalue weighted by Crippen LogP contribution is 2.20. The number of aromatic carboxylic acids is 2. The van der Waals surface area contributed by atoms with Gasteiger partial charge >= 0.3 is 23.9 Å². The van der Waals surface area contributed by atoms with Crippen LogP contribution in [0.3, 0.4) is 0 Å². The van der Waals surface area contributed by atoms with Crippen LogP contribution in [-0.2, 0) is 9.59 Å². The molecule has 140 valence electrons. The van der Waals surface area contributed by atoms with Crippen molar-refractivity contribution in [3.05, 3.63) is 59.7 Å². The normalized spacial score (nSPS) is 10.1. The smallest absolute Gasteiger partial charge is 0.339 e. The Labute approximate surface area is 154 Å². The fourth-order valence-electron chi connectivity index (χ4n) is 2.19. The maximum Gasteiger partial charge on any atom is 0.339 e. The van der Waals surface area contributed by atoms with E-state index in [0.717, 1.165) is 0 Å². The van der Waals surface area contributed by atoms with Crippen molar-refractivity contribution >= 4 is 23.9 Å². The van der Waals surface area contributed by atoms with Gasteiger partial charge < -0.3 is 19.7 Å². The number of hydrogen-bond acceptors (Lipinski definition) is 6. The summed E-state index contributed by atoms with van der Waals surface area (Å²) < 4.78 is 10.0. The van der Waals surface area contributed by atoms with E-state index in [9.17, 15) is 19.2 Å². The van der Waals surface area contributed by atoms with Crippen LogP contribution < -0.4 is 9.47 Å². The number of esters is 2. The lowest BCUT2D eigenvalue weighted by Gasteiger charge is -2.08. The van der Waals surface area contributed by atoms with Crippen molar-refractivity contribution in [2.24, 2.45) is 0 Å². The summed E-state index contributed by atoms with van der Waals surface area (Å²) in [5, 5.41) is 18.1. The van der Waals surface area contributed by atoms with E-state index in [1.807, 2.05) is 0 Å². The second-order valence-corrected chi connectivity index (χ2v) is 5.40. The lowest BCUT2D eigenvalue weighted by molar-refractivity contribution is -0.136. The van der Waals surface area contributed by atoms with E-state index < -0.39 is 23.9 Å². The molecule has 0 saturated carbocycles. The number of rotatable bonds is 8. The molecule has 0 aliphatic rings. The number of carboxylic acid groups (broad SMARTS) is 2. The molecule has 0 fully saturated rings. The highest BCUT2D eigenvalue weighted by atomic mass is 16.5. The Morgan fingerprint density at radius 3 is 1.41 bits per heavy atom. The molecule has 0 unspecified atom stereocenters. The van der Waals surface area contributed by atoms with Gasteiger partial charge in [-0.25, -0.2) is 9.59 Å². The minimum absolute atomic E-state index is 0.0760. The van der Waals surface area contributed by atoms with Crippen molar-refractivity contribution in [3.63, 3.8) is 0 Å². The molecule has 0 aliphatic heterocycles. The number of carbonyl (C=O) groups excluding carboxylic acids is 2. The molecule has 2 aromatic rings. The Hall–Kier alpha value is -3.68. The summed E-state index contributed by atoms with van der Waals surface area (Å²) in [6, 6.07) is 11.4. The molecular weight excluding hydrogens is 356 g/mol. The number of para-hydroxylation sites is 2. The van der Waals surface area contributed by atoms with Crippen molar-refractivity contribution in [2.45, 2.75) is 19.3 Å². The predicted molar refractivity (Wildman–Crippen MR) is 91.9 cm³/mol. The molecule has 27 heavy (non-hydrogen) atoms. The Balaban J connectivity index is 1.84. The van der Waals surface area contributed by atoms with Gasteiger partial charge in [-0.15, -0.1) is 0 Å². The van der Waals surface area contributed by atoms with Crippen LogP contribution in [0.1, 0.15) is 40.0 Å². The second-order valence-electron chi connectivity index (χ2n) is 5.40. The Morgan fingerprint density at radius 1 is 0.667 bits per heavy atom. The summed E-state index contributed by atoms with van der Waals surface area (Å²) in [4.78, 5) is 45.8. The molecule has 0 aliphatic carbocycles. The first kappa shape index (κ1) is 19.6. The summed E-state index contributed by atoms with van der Waals surface area (Å²) >= 11 is 0. The first-order chi connectivity index (χ1) is 12.9. The summed E-state index contributed by atoms with van der Waals surface area (Å²) in [5.41, 5.74) is -0.286. The van der Waals surface area contributed by atoms with Gasteiger partial charge in [0.25, 0.3) is 0 Å². The lowest BCUT2D eigenvalue weighted by Crippen LogP contribution is -2.14. The van der Waals surface area contributed by atoms with E-state index in [0.29, 0.717) is 0 Å². The molecule has 8 nitrogen and oxygen atoms in total. The highest BCUT2D eigenvalue weighted by Gasteiger charge is 2.16. The fraction of sp³-hybridized carbons (Fsp3) is 0.158. The summed E-state index contributed by atoms with van der Waals surface area (Å²) in [5.74, 6) is -3.98. The third kappa shape index (κ3) is 5.67. The Kier molecular flexibility index (Phi) is 6.65. The summed E-state index contributed by atoms with van der Waals surface area (Å²) in [6.07, 6.45) is -0.171. The van der Waals surface area contributed by atoms with Crippen LogP contribution in [0.4, 0.5) is 0 Å². The fourth-order valence-corrected chi connectivity index (χ4v) is 2.19. The number of hydrogen-bond donors (Lipinski definition) is 2. The lowest BCUT2D eigenvalue weighted by atomic mass is 10.2. The maximum absolute atomic E-state index is 11.8. The molecule has 0 spiro atoms. The van der Waals surface area contributed by atoms with Gasteiger partial charge in [-0.3, -0.25) is 9.59 Å². The SMILES string of the molecule is O=C(CCCC(=O)Oc1ccccc1C(=O)O)Oc1ccccc1C(=O)O. The van der Waals surface area contributed by atoms with Crippen molar-refractivity contribution in [2.75, 3.05) is 0 Å². The van der Waals surface area contributed by atoms with E-state index in [1.165, 1.54) is 48.5 Å². The zero-order chi connectivity index (χ0) is 19.8. The zero-order valence-corrected chi connectivity index (χ0v) is 14.1. The Morgan fingerprint density at radius 2 is 1.04 bits per heavy atom. The molecule has 0 radical (unpaired) electrons. The van der Waals surface area contributed by atoms with E-state index >= 15 is 0 Å². The molecule has 0 amide bonds. The molecular formula is C19H16O8. The van der Waals surface area contributed by atoms with Gasteiger partial charge in [-0.2, -0.15) is 0 Å². The second kappa shape index (κ2) is 9.14. The molecule has 0 saturated heterocycles. The van der Waals surface area contributed by atoms with Gasteiger partial charge in [0.2, 0.25) is 0 Å². The van der Waals surface area contributed by atoms with E-state index in [4.69, 9.17) is 19.7 Å². The first-order valence-electron chi connectivity index (χ1n) is 7.94. The van der Waals surface area contributed by atoms with Crippen LogP contribution in [0, 0.1) is 0 Å². The van der Waals surface area contributed by atoms with E-state index in [1.54, 1.807) is 0 Å². The van der Waals surface area contributed by atoms with E-state index in [2.05, 4.69) is 0 Å². The van der Waals surface area contributed by atoms with Crippen LogP contribution in [0.2, 0.25) is 0 Å². The average molecular weight is 372 g/mol. The topological polar surface area (TPSA) is 127 Å². The first-order valence-corrected chi connectivity index (χ1v) is 7.94. The molecule has 2 rings (SSSR count). The van der Waals surface area contributed by atoms with Crippen LogP contribution in [0.15, 0.2) is 48.5 Å². The third-order valence-electron chi connectivity index (χ3n) is 3.44. The monoisotopic (exact) mass is 372 g/mol. The minimum atomic E-state index is -1.22. The molecule has 2 N–H and O–H groups in total. The minimum Gasteiger partial charge on any atom is -0.478 e. The molecule has 0 atom stereocenters. The van der Waals surface area contributed by atoms with Crippen molar-refractivity contribution < 1.29 is 38.9 Å². The van der Waals surface area contributed by atoms with Gasteiger partial charge in [0.15, 0.2) is 0 Å². The van der Waals surface area contributed by atoms with Crippen LogP contribution in [-0.4, -0.2) is 34.1 Å². The van der Waals surface area contributed by atoms with Gasteiger partial charge in [-0.1, -0.05) is 24.3 Å². The van der Waals surface area contributed by atoms with Crippen LogP contribution in [0.5, 0.6) is 11.5 Å². The van der Waals surface area contributed by atoms with Crippen LogP contribution in [0.25, 0.3) is 0 Å². The highest BCUT2D eigenvalue weighted by molar-refractivity contribution is 5.92. The largest absolute Gasteiger partial charge is 0.478 e. The Bertz CT molecular complexity index is 800. The molecule has 0 aromatic heterocycles. The number of carbonyl (C=O) groups is 4. The van der Waals surface area contributed by atoms with Gasteiger partial charge in [0, 0.05) is 12.8 Å². The third-order valence-corrected chi connectivity index (χ3v) is 3.44. The molecule has 2 aromatic carbocycles. The van der Waals surface area contributed by atoms with Gasteiger partial charge in [0.05, 0.1) is 0 Å². The quantitative estimate of drug-likeness (QED) is 0.535.